The number of Topliss-reactive ketones (excluding diaryl/α,β-unsaturated/α-hetero) is 1. The van der Waals surface area contributed by atoms with Crippen molar-refractivity contribution in [2.24, 2.45) is 5.41 Å². The maximum atomic E-state index is 12.7. The van der Waals surface area contributed by atoms with E-state index in [1.165, 1.54) is 0 Å². The Labute approximate surface area is 123 Å². The number of aromatic nitrogens is 1. The number of ketones is 1. The molecule has 0 amide bonds. The van der Waals surface area contributed by atoms with Gasteiger partial charge in [-0.15, -0.1) is 0 Å². The second kappa shape index (κ2) is 3.94. The van der Waals surface area contributed by atoms with Crippen molar-refractivity contribution in [3.8, 4) is 0 Å². The largest absolute Gasteiger partial charge is 0.454 e. The van der Waals surface area contributed by atoms with Crippen LogP contribution in [0.2, 0.25) is 0 Å². The molecule has 0 N–H and O–H groups in total. The number of benzene rings is 1. The maximum absolute atomic E-state index is 12.7. The average Bonchev–Trinajstić information content (AvgIpc) is 2.77. The molecule has 1 aliphatic carbocycles. The van der Waals surface area contributed by atoms with Crippen LogP contribution in [0.5, 0.6) is 0 Å². The zero-order valence-electron chi connectivity index (χ0n) is 12.5. The van der Waals surface area contributed by atoms with Gasteiger partial charge in [0.1, 0.15) is 5.58 Å². The minimum absolute atomic E-state index is 0.0171. The van der Waals surface area contributed by atoms with E-state index >= 15 is 0 Å². The molecule has 106 valence electrons. The third-order valence-electron chi connectivity index (χ3n) is 4.33. The van der Waals surface area contributed by atoms with Gasteiger partial charge in [-0.1, -0.05) is 32.0 Å². The van der Waals surface area contributed by atoms with Gasteiger partial charge < -0.3 is 4.42 Å². The van der Waals surface area contributed by atoms with Crippen molar-refractivity contribution in [1.82, 2.24) is 4.98 Å². The first-order valence-electron chi connectivity index (χ1n) is 7.30. The summed E-state index contributed by atoms with van der Waals surface area (Å²) in [5, 5.41) is 1.97. The van der Waals surface area contributed by atoms with Gasteiger partial charge in [0.05, 0.1) is 17.0 Å². The molecule has 2 heterocycles. The van der Waals surface area contributed by atoms with Gasteiger partial charge in [0.15, 0.2) is 11.4 Å². The summed E-state index contributed by atoms with van der Waals surface area (Å²) in [4.78, 5) is 17.4. The van der Waals surface area contributed by atoms with Crippen molar-refractivity contribution in [3.05, 3.63) is 41.2 Å². The van der Waals surface area contributed by atoms with Crippen molar-refractivity contribution in [2.45, 2.75) is 33.6 Å². The van der Waals surface area contributed by atoms with Crippen LogP contribution in [0, 0.1) is 12.3 Å². The second-order valence-electron chi connectivity index (χ2n) is 6.76. The average molecular weight is 279 g/mol. The molecule has 0 radical (unpaired) electrons. The van der Waals surface area contributed by atoms with Crippen molar-refractivity contribution in [1.29, 1.82) is 0 Å². The number of pyridine rings is 1. The lowest BCUT2D eigenvalue weighted by atomic mass is 9.74. The lowest BCUT2D eigenvalue weighted by Crippen LogP contribution is -2.28. The number of furan rings is 1. The highest BCUT2D eigenvalue weighted by molar-refractivity contribution is 6.18. The van der Waals surface area contributed by atoms with Gasteiger partial charge in [-0.2, -0.15) is 0 Å². The quantitative estimate of drug-likeness (QED) is 0.610. The van der Waals surface area contributed by atoms with Crippen LogP contribution in [0.1, 0.15) is 42.0 Å². The molecule has 0 saturated heterocycles. The number of hydrogen-bond acceptors (Lipinski definition) is 3. The summed E-state index contributed by atoms with van der Waals surface area (Å²) >= 11 is 0. The summed E-state index contributed by atoms with van der Waals surface area (Å²) in [6.07, 6.45) is 1.41. The fourth-order valence-corrected chi connectivity index (χ4v) is 3.47. The number of para-hydroxylation sites is 1. The van der Waals surface area contributed by atoms with Gasteiger partial charge >= 0.3 is 0 Å². The zero-order valence-corrected chi connectivity index (χ0v) is 12.5. The molecule has 2 aromatic heterocycles. The normalized spacial score (nSPS) is 17.4. The smallest absolute Gasteiger partial charge is 0.166 e. The molecule has 0 bridgehead atoms. The van der Waals surface area contributed by atoms with Crippen LogP contribution in [0.3, 0.4) is 0 Å². The van der Waals surface area contributed by atoms with E-state index in [1.807, 2.05) is 31.2 Å². The molecular formula is C18H17NO2. The molecule has 0 spiro atoms. The van der Waals surface area contributed by atoms with Crippen molar-refractivity contribution in [3.63, 3.8) is 0 Å². The van der Waals surface area contributed by atoms with Gasteiger partial charge in [-0.25, -0.2) is 0 Å². The molecule has 1 aromatic carbocycles. The van der Waals surface area contributed by atoms with Crippen molar-refractivity contribution in [2.75, 3.05) is 0 Å². The maximum Gasteiger partial charge on any atom is 0.166 e. The van der Waals surface area contributed by atoms with E-state index in [-0.39, 0.29) is 11.2 Å². The minimum atomic E-state index is -0.0171. The lowest BCUT2D eigenvalue weighted by molar-refractivity contribution is 0.0912. The number of nitrogens with zero attached hydrogens (tertiary/aromatic N) is 1. The Morgan fingerprint density at radius 2 is 1.95 bits per heavy atom. The molecule has 0 fully saturated rings. The van der Waals surface area contributed by atoms with Gasteiger partial charge in [0, 0.05) is 17.2 Å². The molecule has 0 aliphatic heterocycles. The van der Waals surface area contributed by atoms with Crippen LogP contribution in [-0.2, 0) is 6.42 Å². The highest BCUT2D eigenvalue weighted by Gasteiger charge is 2.34. The Kier molecular flexibility index (Phi) is 2.36. The molecular weight excluding hydrogens is 262 g/mol. The van der Waals surface area contributed by atoms with Crippen LogP contribution in [0.4, 0.5) is 0 Å². The van der Waals surface area contributed by atoms with Crippen LogP contribution in [0.15, 0.2) is 28.7 Å². The van der Waals surface area contributed by atoms with Crippen LogP contribution >= 0.6 is 0 Å². The SMILES string of the molecule is Cc1nc2c(c3c1oc1ccccc13)C(=O)CC(C)(C)C2. The fourth-order valence-electron chi connectivity index (χ4n) is 3.47. The van der Waals surface area contributed by atoms with E-state index in [2.05, 4.69) is 18.8 Å². The third-order valence-corrected chi connectivity index (χ3v) is 4.33. The molecule has 1 aliphatic rings. The summed E-state index contributed by atoms with van der Waals surface area (Å²) < 4.78 is 5.93. The Hall–Kier alpha value is -2.16. The Balaban J connectivity index is 2.18. The number of aryl methyl sites for hydroxylation is 1. The van der Waals surface area contributed by atoms with Crippen LogP contribution < -0.4 is 0 Å². The molecule has 3 nitrogen and oxygen atoms in total. The summed E-state index contributed by atoms with van der Waals surface area (Å²) in [6, 6.07) is 7.90. The van der Waals surface area contributed by atoms with E-state index in [0.29, 0.717) is 6.42 Å². The Bertz CT molecular complexity index is 902. The highest BCUT2D eigenvalue weighted by atomic mass is 16.3. The fraction of sp³-hybridized carbons (Fsp3) is 0.333. The molecule has 0 saturated carbocycles. The predicted molar refractivity (Wildman–Crippen MR) is 82.7 cm³/mol. The molecule has 0 atom stereocenters. The van der Waals surface area contributed by atoms with Gasteiger partial charge in [0.2, 0.25) is 0 Å². The summed E-state index contributed by atoms with van der Waals surface area (Å²) in [7, 11) is 0. The Morgan fingerprint density at radius 3 is 2.76 bits per heavy atom. The van der Waals surface area contributed by atoms with Gasteiger partial charge in [0.25, 0.3) is 0 Å². The number of rotatable bonds is 0. The van der Waals surface area contributed by atoms with Crippen LogP contribution in [-0.4, -0.2) is 10.8 Å². The standard InChI is InChI=1S/C18H17NO2/c1-10-17-15(11-6-4-5-7-14(11)21-17)16-12(19-10)8-18(2,3)9-13(16)20/h4-7H,8-9H2,1-3H3. The van der Waals surface area contributed by atoms with E-state index < -0.39 is 0 Å². The molecule has 3 heteroatoms. The second-order valence-corrected chi connectivity index (χ2v) is 6.76. The summed E-state index contributed by atoms with van der Waals surface area (Å²) in [5.74, 6) is 0.185. The topological polar surface area (TPSA) is 43.1 Å². The summed E-state index contributed by atoms with van der Waals surface area (Å²) in [5.41, 5.74) is 4.13. The molecule has 3 aromatic rings. The third kappa shape index (κ3) is 1.73. The van der Waals surface area contributed by atoms with E-state index in [0.717, 1.165) is 45.3 Å². The molecule has 0 unspecified atom stereocenters. The monoisotopic (exact) mass is 279 g/mol. The first-order valence-corrected chi connectivity index (χ1v) is 7.30. The number of fused-ring (bicyclic) bond motifs is 5. The lowest BCUT2D eigenvalue weighted by Gasteiger charge is -2.29. The Morgan fingerprint density at radius 1 is 1.19 bits per heavy atom. The minimum Gasteiger partial charge on any atom is -0.454 e. The van der Waals surface area contributed by atoms with E-state index in [1.54, 1.807) is 0 Å². The highest BCUT2D eigenvalue weighted by Crippen LogP contribution is 2.41. The van der Waals surface area contributed by atoms with Crippen molar-refractivity contribution >= 4 is 27.7 Å². The summed E-state index contributed by atoms with van der Waals surface area (Å²) in [6.45, 7) is 6.21. The molecule has 21 heavy (non-hydrogen) atoms. The first kappa shape index (κ1) is 12.6. The number of hydrogen-bond donors (Lipinski definition) is 0. The van der Waals surface area contributed by atoms with Crippen LogP contribution in [0.25, 0.3) is 21.9 Å². The predicted octanol–water partition coefficient (Wildman–Crippen LogP) is 4.44. The molecule has 4 rings (SSSR count). The van der Waals surface area contributed by atoms with Crippen molar-refractivity contribution < 1.29 is 9.21 Å². The first-order chi connectivity index (χ1) is 9.96. The van der Waals surface area contributed by atoms with E-state index in [4.69, 9.17) is 4.42 Å². The van der Waals surface area contributed by atoms with Gasteiger partial charge in [-0.3, -0.25) is 9.78 Å². The number of carbonyl (C=O) groups excluding carboxylic acids is 1. The van der Waals surface area contributed by atoms with E-state index in [9.17, 15) is 4.79 Å². The number of carbonyl (C=O) groups is 1. The zero-order chi connectivity index (χ0) is 14.8. The van der Waals surface area contributed by atoms with Gasteiger partial charge in [-0.05, 0) is 24.8 Å².